The van der Waals surface area contributed by atoms with Crippen LogP contribution in [0.1, 0.15) is 22.3 Å². The summed E-state index contributed by atoms with van der Waals surface area (Å²) in [5.74, 6) is 0. The highest BCUT2D eigenvalue weighted by atomic mass is 16.2. The minimum Gasteiger partial charge on any atom is -0.268 e. The second-order valence-electron chi connectivity index (χ2n) is 8.41. The molecule has 32 heavy (non-hydrogen) atoms. The van der Waals surface area contributed by atoms with Crippen molar-refractivity contribution in [1.82, 2.24) is 9.13 Å². The summed E-state index contributed by atoms with van der Waals surface area (Å²) in [7, 11) is 0. The summed E-state index contributed by atoms with van der Waals surface area (Å²) in [5.41, 5.74) is 2.63. The van der Waals surface area contributed by atoms with Gasteiger partial charge in [-0.15, -0.1) is 0 Å². The Balaban J connectivity index is 1.85. The van der Waals surface area contributed by atoms with Gasteiger partial charge in [0, 0.05) is 0 Å². The molecule has 0 atom stereocenters. The largest absolute Gasteiger partial charge is 0.268 e. The Morgan fingerprint density at radius 1 is 0.469 bits per heavy atom. The first-order valence-corrected chi connectivity index (χ1v) is 10.3. The summed E-state index contributed by atoms with van der Waals surface area (Å²) >= 11 is 0. The van der Waals surface area contributed by atoms with Gasteiger partial charge in [-0.1, -0.05) is 35.4 Å². The highest BCUT2D eigenvalue weighted by Gasteiger charge is 2.21. The van der Waals surface area contributed by atoms with Gasteiger partial charge in [0.05, 0.1) is 32.9 Å². The Kier molecular flexibility index (Phi) is 4.17. The third kappa shape index (κ3) is 2.66. The topological polar surface area (TPSA) is 78.1 Å². The van der Waals surface area contributed by atoms with Crippen molar-refractivity contribution in [3.63, 3.8) is 0 Å². The molecule has 0 unspecified atom stereocenters. The van der Waals surface area contributed by atoms with Crippen LogP contribution >= 0.6 is 0 Å². The van der Waals surface area contributed by atoms with Crippen LogP contribution in [0, 0.1) is 27.7 Å². The van der Waals surface area contributed by atoms with Crippen molar-refractivity contribution in [3.05, 3.63) is 112 Å². The third-order valence-electron chi connectivity index (χ3n) is 6.08. The summed E-state index contributed by atoms with van der Waals surface area (Å²) in [6.07, 6.45) is 0. The first-order valence-electron chi connectivity index (χ1n) is 10.3. The molecule has 0 saturated carbocycles. The van der Waals surface area contributed by atoms with Crippen molar-refractivity contribution in [1.29, 1.82) is 0 Å². The summed E-state index contributed by atoms with van der Waals surface area (Å²) < 4.78 is 2.23. The van der Waals surface area contributed by atoms with Gasteiger partial charge in [-0.05, 0) is 63.1 Å². The molecule has 0 aliphatic rings. The average molecular weight is 424 g/mol. The zero-order chi connectivity index (χ0) is 22.9. The predicted octanol–water partition coefficient (Wildman–Crippen LogP) is 3.12. The van der Waals surface area contributed by atoms with E-state index in [1.807, 2.05) is 52.0 Å². The third-order valence-corrected chi connectivity index (χ3v) is 6.08. The van der Waals surface area contributed by atoms with E-state index in [1.165, 1.54) is 12.1 Å². The molecule has 0 aliphatic carbocycles. The van der Waals surface area contributed by atoms with Gasteiger partial charge in [0.25, 0.3) is 22.2 Å². The molecule has 0 saturated heterocycles. The Morgan fingerprint density at radius 3 is 1.06 bits per heavy atom. The fraction of sp³-hybridized carbons (Fsp3) is 0.154. The molecule has 0 N–H and O–H groups in total. The van der Waals surface area contributed by atoms with E-state index in [0.29, 0.717) is 11.4 Å². The number of rotatable bonds is 2. The van der Waals surface area contributed by atoms with E-state index in [-0.39, 0.29) is 21.5 Å². The minimum atomic E-state index is -0.495. The van der Waals surface area contributed by atoms with E-state index in [9.17, 15) is 19.2 Å². The van der Waals surface area contributed by atoms with Crippen molar-refractivity contribution >= 4 is 21.5 Å². The zero-order valence-corrected chi connectivity index (χ0v) is 18.1. The van der Waals surface area contributed by atoms with Gasteiger partial charge < -0.3 is 0 Å². The van der Waals surface area contributed by atoms with Crippen molar-refractivity contribution in [3.8, 4) is 11.4 Å². The van der Waals surface area contributed by atoms with Crippen LogP contribution in [-0.2, 0) is 0 Å². The van der Waals surface area contributed by atoms with E-state index in [4.69, 9.17) is 0 Å². The second kappa shape index (κ2) is 6.72. The summed E-state index contributed by atoms with van der Waals surface area (Å²) in [6.45, 7) is 7.53. The molecule has 2 aromatic heterocycles. The molecule has 158 valence electrons. The maximum absolute atomic E-state index is 13.2. The second-order valence-corrected chi connectivity index (χ2v) is 8.41. The Hall–Kier alpha value is -4.06. The van der Waals surface area contributed by atoms with Crippen LogP contribution in [0.2, 0.25) is 0 Å². The summed E-state index contributed by atoms with van der Waals surface area (Å²) in [5, 5.41) is 0.546. The Bertz CT molecular complexity index is 1590. The molecule has 0 spiro atoms. The molecule has 0 aliphatic heterocycles. The van der Waals surface area contributed by atoms with Gasteiger partial charge in [-0.25, -0.2) is 9.13 Å². The quantitative estimate of drug-likeness (QED) is 0.436. The lowest BCUT2D eigenvalue weighted by molar-refractivity contribution is 0.973. The molecule has 3 aromatic carbocycles. The number of aryl methyl sites for hydroxylation is 4. The van der Waals surface area contributed by atoms with Gasteiger partial charge in [0.2, 0.25) is 0 Å². The number of nitrogens with zero attached hydrogens (tertiary/aromatic N) is 2. The van der Waals surface area contributed by atoms with Crippen LogP contribution in [0.4, 0.5) is 0 Å². The van der Waals surface area contributed by atoms with Crippen molar-refractivity contribution in [2.75, 3.05) is 0 Å². The SMILES string of the molecule is Cc1ccc(-n2c(=O)c3cc4c(=O)n(-c5ccc(C)cc5C)c(=O)c4cc3c2=O)c(C)c1. The smallest absolute Gasteiger partial charge is 0.266 e. The van der Waals surface area contributed by atoms with E-state index in [1.54, 1.807) is 12.1 Å². The first kappa shape index (κ1) is 19.9. The predicted molar refractivity (Wildman–Crippen MR) is 127 cm³/mol. The van der Waals surface area contributed by atoms with Crippen LogP contribution < -0.4 is 22.2 Å². The maximum atomic E-state index is 13.2. The highest BCUT2D eigenvalue weighted by molar-refractivity contribution is 5.98. The molecule has 0 radical (unpaired) electrons. The van der Waals surface area contributed by atoms with E-state index < -0.39 is 22.2 Å². The van der Waals surface area contributed by atoms with Crippen molar-refractivity contribution in [2.45, 2.75) is 27.7 Å². The first-order chi connectivity index (χ1) is 15.2. The van der Waals surface area contributed by atoms with Gasteiger partial charge in [-0.2, -0.15) is 0 Å². The highest BCUT2D eigenvalue weighted by Crippen LogP contribution is 2.20. The van der Waals surface area contributed by atoms with Crippen LogP contribution in [0.3, 0.4) is 0 Å². The molecular weight excluding hydrogens is 404 g/mol. The molecule has 5 rings (SSSR count). The van der Waals surface area contributed by atoms with Crippen LogP contribution in [0.25, 0.3) is 32.9 Å². The van der Waals surface area contributed by atoms with Gasteiger partial charge in [0.1, 0.15) is 0 Å². The maximum Gasteiger partial charge on any atom is 0.266 e. The lowest BCUT2D eigenvalue weighted by atomic mass is 10.1. The van der Waals surface area contributed by atoms with Crippen molar-refractivity contribution < 1.29 is 0 Å². The Morgan fingerprint density at radius 2 is 0.781 bits per heavy atom. The summed E-state index contributed by atoms with van der Waals surface area (Å²) in [4.78, 5) is 52.7. The standard InChI is InChI=1S/C26H20N2O4/c1-13-5-7-21(15(3)9-13)27-23(29)17-11-19-20(12-18(17)24(27)30)26(32)28(25(19)31)22-8-6-14(2)10-16(22)4/h5-12H,1-4H3. The number of hydrogen-bond acceptors (Lipinski definition) is 4. The molecule has 6 heteroatoms. The fourth-order valence-electron chi connectivity index (χ4n) is 4.52. The molecule has 5 aromatic rings. The lowest BCUT2D eigenvalue weighted by Gasteiger charge is -2.06. The van der Waals surface area contributed by atoms with Crippen molar-refractivity contribution in [2.24, 2.45) is 0 Å². The van der Waals surface area contributed by atoms with Gasteiger partial charge in [0.15, 0.2) is 0 Å². The van der Waals surface area contributed by atoms with E-state index >= 15 is 0 Å². The molecule has 0 fully saturated rings. The lowest BCUT2D eigenvalue weighted by Crippen LogP contribution is -2.25. The van der Waals surface area contributed by atoms with Gasteiger partial charge >= 0.3 is 0 Å². The number of hydrogen-bond donors (Lipinski definition) is 0. The number of aromatic nitrogens is 2. The summed E-state index contributed by atoms with van der Waals surface area (Å²) in [6, 6.07) is 13.7. The van der Waals surface area contributed by atoms with E-state index in [0.717, 1.165) is 31.4 Å². The van der Waals surface area contributed by atoms with Crippen LogP contribution in [0.5, 0.6) is 0 Å². The van der Waals surface area contributed by atoms with Gasteiger partial charge in [-0.3, -0.25) is 19.2 Å². The average Bonchev–Trinajstić information content (AvgIpc) is 3.12. The van der Waals surface area contributed by atoms with Crippen LogP contribution in [-0.4, -0.2) is 9.13 Å². The molecule has 6 nitrogen and oxygen atoms in total. The number of fused-ring (bicyclic) bond motifs is 2. The number of benzene rings is 3. The monoisotopic (exact) mass is 424 g/mol. The zero-order valence-electron chi connectivity index (χ0n) is 18.1. The fourth-order valence-corrected chi connectivity index (χ4v) is 4.52. The normalized spacial score (nSPS) is 11.6. The van der Waals surface area contributed by atoms with Crippen LogP contribution in [0.15, 0.2) is 67.7 Å². The van der Waals surface area contributed by atoms with E-state index in [2.05, 4.69) is 0 Å². The molecular formula is C26H20N2O4. The Labute approximate surface area is 182 Å². The molecule has 0 bridgehead atoms. The minimum absolute atomic E-state index is 0.136. The molecule has 0 amide bonds. The molecule has 2 heterocycles.